The van der Waals surface area contributed by atoms with Gasteiger partial charge in [-0.25, -0.2) is 0 Å². The molecule has 134 valence electrons. The lowest BCUT2D eigenvalue weighted by Crippen LogP contribution is -2.37. The zero-order valence-corrected chi connectivity index (χ0v) is 15.7. The average Bonchev–Trinajstić information content (AvgIpc) is 2.80. The molecule has 0 bridgehead atoms. The number of anilines is 1. The van der Waals surface area contributed by atoms with Gasteiger partial charge in [0.25, 0.3) is 5.91 Å². The van der Waals surface area contributed by atoms with Crippen LogP contribution >= 0.6 is 23.2 Å². The molecule has 2 rings (SSSR count). The minimum absolute atomic E-state index is 0.130. The molecule has 1 heterocycles. The van der Waals surface area contributed by atoms with E-state index in [1.54, 1.807) is 0 Å². The van der Waals surface area contributed by atoms with Crippen molar-refractivity contribution < 1.29 is 14.7 Å². The van der Waals surface area contributed by atoms with E-state index in [2.05, 4.69) is 18.5 Å². The Balaban J connectivity index is 2.19. The van der Waals surface area contributed by atoms with Gasteiger partial charge in [0.15, 0.2) is 11.4 Å². The Labute approximate surface area is 156 Å². The van der Waals surface area contributed by atoms with E-state index in [-0.39, 0.29) is 21.3 Å². The highest BCUT2D eigenvalue weighted by atomic mass is 35.5. The Kier molecular flexibility index (Phi) is 5.62. The van der Waals surface area contributed by atoms with Crippen molar-refractivity contribution in [2.75, 3.05) is 19.4 Å². The van der Waals surface area contributed by atoms with Crippen LogP contribution in [0, 0.1) is 0 Å². The summed E-state index contributed by atoms with van der Waals surface area (Å²) in [5.41, 5.74) is -0.524. The fourth-order valence-electron chi connectivity index (χ4n) is 2.59. The molecule has 0 aliphatic carbocycles. The second kappa shape index (κ2) is 7.20. The molecular formula is C18H20Cl2N2O3. The Hall–Kier alpha value is -1.82. The normalized spacial score (nSPS) is 18.5. The first kappa shape index (κ1) is 19.5. The van der Waals surface area contributed by atoms with Crippen LogP contribution in [-0.4, -0.2) is 35.8 Å². The lowest BCUT2D eigenvalue weighted by Gasteiger charge is -2.22. The molecule has 5 nitrogen and oxygen atoms in total. The fourth-order valence-corrected chi connectivity index (χ4v) is 3.11. The number of carbonyl (C=O) groups excluding carboxylic acids is 2. The minimum atomic E-state index is -2.06. The summed E-state index contributed by atoms with van der Waals surface area (Å²) in [4.78, 5) is 26.6. The summed E-state index contributed by atoms with van der Waals surface area (Å²) in [6.45, 7) is 7.66. The third-order valence-corrected chi connectivity index (χ3v) is 4.92. The minimum Gasteiger partial charge on any atom is -0.381 e. The third-order valence-electron chi connectivity index (χ3n) is 4.29. The molecule has 0 spiro atoms. The molecule has 1 aliphatic heterocycles. The molecule has 2 N–H and O–H groups in total. The maximum Gasteiger partial charge on any atom is 0.261 e. The molecule has 1 atom stereocenters. The molecular weight excluding hydrogens is 363 g/mol. The van der Waals surface area contributed by atoms with Gasteiger partial charge in [0, 0.05) is 30.4 Å². The number of hydrogen-bond donors (Lipinski definition) is 2. The predicted molar refractivity (Wildman–Crippen MR) is 99.8 cm³/mol. The van der Waals surface area contributed by atoms with Gasteiger partial charge in [0.2, 0.25) is 0 Å². The van der Waals surface area contributed by atoms with E-state index in [4.69, 9.17) is 23.2 Å². The molecule has 7 heteroatoms. The van der Waals surface area contributed by atoms with Crippen molar-refractivity contribution in [2.24, 2.45) is 0 Å². The lowest BCUT2D eigenvalue weighted by atomic mass is 9.87. The molecule has 1 amide bonds. The van der Waals surface area contributed by atoms with Crippen molar-refractivity contribution >= 4 is 40.6 Å². The van der Waals surface area contributed by atoms with Gasteiger partial charge in [-0.1, -0.05) is 36.4 Å². The van der Waals surface area contributed by atoms with Gasteiger partial charge in [0.1, 0.15) is 0 Å². The molecule has 1 aromatic carbocycles. The van der Waals surface area contributed by atoms with Crippen LogP contribution < -0.4 is 5.32 Å². The Morgan fingerprint density at radius 2 is 1.84 bits per heavy atom. The van der Waals surface area contributed by atoms with Crippen LogP contribution in [0.5, 0.6) is 0 Å². The highest BCUT2D eigenvalue weighted by Crippen LogP contribution is 2.46. The molecule has 25 heavy (non-hydrogen) atoms. The van der Waals surface area contributed by atoms with Crippen molar-refractivity contribution in [1.29, 1.82) is 0 Å². The maximum atomic E-state index is 12.5. The van der Waals surface area contributed by atoms with Crippen LogP contribution in [0.25, 0.3) is 0 Å². The first-order chi connectivity index (χ1) is 11.6. The van der Waals surface area contributed by atoms with Crippen LogP contribution in [0.15, 0.2) is 36.6 Å². The molecule has 0 aromatic heterocycles. The van der Waals surface area contributed by atoms with E-state index < -0.39 is 23.7 Å². The monoisotopic (exact) mass is 382 g/mol. The van der Waals surface area contributed by atoms with Crippen molar-refractivity contribution in [2.45, 2.75) is 24.9 Å². The second-order valence-corrected chi connectivity index (χ2v) is 7.07. The standard InChI is InChI=1S/C18H20Cl2N2O3/c1-10(5-6-11(2)22(3)4)14(23)9-18(25)15-12(19)7-8-13(20)16(15)21-17(18)24/h7-8,25H,1-2,5-6,9H2,3-4H3,(H,21,24). The van der Waals surface area contributed by atoms with E-state index in [0.717, 1.165) is 5.70 Å². The van der Waals surface area contributed by atoms with E-state index in [1.807, 2.05) is 19.0 Å². The van der Waals surface area contributed by atoms with E-state index >= 15 is 0 Å². The Morgan fingerprint density at radius 3 is 2.44 bits per heavy atom. The molecule has 1 unspecified atom stereocenters. The number of Topliss-reactive ketones (excluding diaryl/α,β-unsaturated/α-hetero) is 1. The summed E-state index contributed by atoms with van der Waals surface area (Å²) in [5, 5.41) is 13.8. The van der Waals surface area contributed by atoms with Gasteiger partial charge in [-0.3, -0.25) is 9.59 Å². The highest BCUT2D eigenvalue weighted by molar-refractivity contribution is 6.38. The quantitative estimate of drug-likeness (QED) is 0.707. The fraction of sp³-hybridized carbons (Fsp3) is 0.333. The summed E-state index contributed by atoms with van der Waals surface area (Å²) in [5.74, 6) is -1.13. The van der Waals surface area contributed by atoms with Crippen molar-refractivity contribution in [1.82, 2.24) is 4.90 Å². The van der Waals surface area contributed by atoms with Crippen molar-refractivity contribution in [3.05, 3.63) is 52.2 Å². The second-order valence-electron chi connectivity index (χ2n) is 6.26. The van der Waals surface area contributed by atoms with Gasteiger partial charge < -0.3 is 15.3 Å². The molecule has 0 fully saturated rings. The topological polar surface area (TPSA) is 69.6 Å². The Morgan fingerprint density at radius 1 is 1.24 bits per heavy atom. The van der Waals surface area contributed by atoms with Gasteiger partial charge in [0.05, 0.1) is 17.1 Å². The first-order valence-corrected chi connectivity index (χ1v) is 8.42. The number of rotatable bonds is 7. The van der Waals surface area contributed by atoms with E-state index in [9.17, 15) is 14.7 Å². The summed E-state index contributed by atoms with van der Waals surface area (Å²) in [6.07, 6.45) is 0.508. The summed E-state index contributed by atoms with van der Waals surface area (Å²) >= 11 is 12.2. The summed E-state index contributed by atoms with van der Waals surface area (Å²) in [7, 11) is 3.72. The number of benzene rings is 1. The third kappa shape index (κ3) is 3.73. The summed E-state index contributed by atoms with van der Waals surface area (Å²) < 4.78 is 0. The van der Waals surface area contributed by atoms with Crippen molar-refractivity contribution in [3.63, 3.8) is 0 Å². The maximum absolute atomic E-state index is 12.5. The van der Waals surface area contributed by atoms with Gasteiger partial charge in [-0.2, -0.15) is 0 Å². The number of amides is 1. The highest BCUT2D eigenvalue weighted by Gasteiger charge is 2.49. The number of nitrogens with zero attached hydrogens (tertiary/aromatic N) is 1. The molecule has 0 saturated heterocycles. The molecule has 0 radical (unpaired) electrons. The number of carbonyl (C=O) groups is 2. The lowest BCUT2D eigenvalue weighted by molar-refractivity contribution is -0.138. The van der Waals surface area contributed by atoms with Crippen LogP contribution in [0.3, 0.4) is 0 Å². The number of fused-ring (bicyclic) bond motifs is 1. The predicted octanol–water partition coefficient (Wildman–Crippen LogP) is 3.50. The van der Waals surface area contributed by atoms with Crippen LogP contribution in [-0.2, 0) is 15.2 Å². The molecule has 0 saturated carbocycles. The number of ketones is 1. The average molecular weight is 383 g/mol. The van der Waals surface area contributed by atoms with Gasteiger partial charge in [-0.05, 0) is 30.5 Å². The SMILES string of the molecule is C=C(CCC(=C)N(C)C)C(=O)CC1(O)C(=O)Nc2c(Cl)ccc(Cl)c21. The largest absolute Gasteiger partial charge is 0.381 e. The Bertz CT molecular complexity index is 774. The van der Waals surface area contributed by atoms with E-state index in [0.29, 0.717) is 18.4 Å². The van der Waals surface area contributed by atoms with E-state index in [1.165, 1.54) is 12.1 Å². The number of hydrogen-bond acceptors (Lipinski definition) is 4. The number of nitrogens with one attached hydrogen (secondary N) is 1. The molecule has 1 aliphatic rings. The first-order valence-electron chi connectivity index (χ1n) is 7.66. The smallest absolute Gasteiger partial charge is 0.261 e. The van der Waals surface area contributed by atoms with Gasteiger partial charge >= 0.3 is 0 Å². The van der Waals surface area contributed by atoms with Crippen molar-refractivity contribution in [3.8, 4) is 0 Å². The zero-order valence-electron chi connectivity index (χ0n) is 14.2. The van der Waals surface area contributed by atoms with Gasteiger partial charge in [-0.15, -0.1) is 0 Å². The summed E-state index contributed by atoms with van der Waals surface area (Å²) in [6, 6.07) is 3.00. The van der Waals surface area contributed by atoms with Crippen LogP contribution in [0.1, 0.15) is 24.8 Å². The van der Waals surface area contributed by atoms with Crippen LogP contribution in [0.2, 0.25) is 10.0 Å². The zero-order chi connectivity index (χ0) is 18.9. The number of halogens is 2. The van der Waals surface area contributed by atoms with Crippen LogP contribution in [0.4, 0.5) is 5.69 Å². The number of aliphatic hydroxyl groups is 1. The number of allylic oxidation sites excluding steroid dienone is 2. The molecule has 1 aromatic rings.